The Hall–Kier alpha value is -1.31. The predicted molar refractivity (Wildman–Crippen MR) is 71.2 cm³/mol. The second-order valence-electron chi connectivity index (χ2n) is 3.80. The number of nitrogens with one attached hydrogen (secondary N) is 1. The third-order valence-corrected chi connectivity index (χ3v) is 4.30. The van der Waals surface area contributed by atoms with Crippen LogP contribution in [-0.4, -0.2) is 30.9 Å². The van der Waals surface area contributed by atoms with Gasteiger partial charge in [0.25, 0.3) is 10.2 Å². The Bertz CT molecular complexity index is 498. The summed E-state index contributed by atoms with van der Waals surface area (Å²) in [4.78, 5) is 0. The molecule has 0 bridgehead atoms. The largest absolute Gasteiger partial charge is 0.508 e. The summed E-state index contributed by atoms with van der Waals surface area (Å²) in [5.41, 5.74) is 6.51. The number of phenolic OH excluding ortho intramolecular Hbond substituents is 1. The normalized spacial score (nSPS) is 11.9. The zero-order valence-electron chi connectivity index (χ0n) is 10.5. The molecular formula is C11H19N3O3S. The Labute approximate surface area is 108 Å². The van der Waals surface area contributed by atoms with Crippen LogP contribution in [0.3, 0.4) is 0 Å². The van der Waals surface area contributed by atoms with Gasteiger partial charge >= 0.3 is 0 Å². The van der Waals surface area contributed by atoms with E-state index in [9.17, 15) is 13.5 Å². The summed E-state index contributed by atoms with van der Waals surface area (Å²) in [6.07, 6.45) is 0. The van der Waals surface area contributed by atoms with Crippen molar-refractivity contribution in [2.45, 2.75) is 20.4 Å². The molecule has 102 valence electrons. The molecule has 0 aromatic heterocycles. The van der Waals surface area contributed by atoms with Gasteiger partial charge in [-0.05, 0) is 18.2 Å². The van der Waals surface area contributed by atoms with Crippen LogP contribution in [0.5, 0.6) is 5.75 Å². The summed E-state index contributed by atoms with van der Waals surface area (Å²) >= 11 is 0. The highest BCUT2D eigenvalue weighted by molar-refractivity contribution is 7.87. The molecule has 0 unspecified atom stereocenters. The van der Waals surface area contributed by atoms with Gasteiger partial charge in [0, 0.05) is 30.9 Å². The molecule has 1 rings (SSSR count). The van der Waals surface area contributed by atoms with Crippen LogP contribution in [0.1, 0.15) is 19.4 Å². The van der Waals surface area contributed by atoms with E-state index in [-0.39, 0.29) is 12.3 Å². The minimum absolute atomic E-state index is 0.00963. The molecule has 6 nitrogen and oxygen atoms in total. The van der Waals surface area contributed by atoms with E-state index in [4.69, 9.17) is 5.73 Å². The number of hydrogen-bond donors (Lipinski definition) is 3. The van der Waals surface area contributed by atoms with Crippen LogP contribution < -0.4 is 10.5 Å². The van der Waals surface area contributed by atoms with Crippen LogP contribution in [0, 0.1) is 0 Å². The van der Waals surface area contributed by atoms with Gasteiger partial charge in [0.15, 0.2) is 0 Å². The summed E-state index contributed by atoms with van der Waals surface area (Å²) in [5, 5.41) is 9.58. The van der Waals surface area contributed by atoms with Gasteiger partial charge in [0.2, 0.25) is 0 Å². The number of rotatable bonds is 6. The highest BCUT2D eigenvalue weighted by atomic mass is 32.2. The van der Waals surface area contributed by atoms with Crippen LogP contribution in [-0.2, 0) is 16.8 Å². The van der Waals surface area contributed by atoms with Crippen molar-refractivity contribution in [3.05, 3.63) is 23.8 Å². The lowest BCUT2D eigenvalue weighted by Crippen LogP contribution is -2.40. The van der Waals surface area contributed by atoms with E-state index < -0.39 is 10.2 Å². The fourth-order valence-corrected chi connectivity index (χ4v) is 2.77. The van der Waals surface area contributed by atoms with Crippen LogP contribution in [0.15, 0.2) is 18.2 Å². The van der Waals surface area contributed by atoms with Gasteiger partial charge in [-0.1, -0.05) is 13.8 Å². The molecule has 7 heteroatoms. The van der Waals surface area contributed by atoms with Gasteiger partial charge in [-0.25, -0.2) is 0 Å². The first-order valence-corrected chi connectivity index (χ1v) is 7.16. The first kappa shape index (κ1) is 14.7. The lowest BCUT2D eigenvalue weighted by molar-refractivity contribution is 0.433. The number of nitrogens with two attached hydrogens (primary N) is 1. The summed E-state index contributed by atoms with van der Waals surface area (Å²) in [6, 6.07) is 4.54. The summed E-state index contributed by atoms with van der Waals surface area (Å²) < 4.78 is 27.5. The molecule has 1 aromatic carbocycles. The van der Waals surface area contributed by atoms with Gasteiger partial charge in [-0.15, -0.1) is 0 Å². The lowest BCUT2D eigenvalue weighted by Gasteiger charge is -2.19. The molecule has 0 spiro atoms. The SMILES string of the molecule is CCN(CC)S(=O)(=O)NCc1cc(N)ccc1O. The Kier molecular flexibility index (Phi) is 4.94. The van der Waals surface area contributed by atoms with Crippen molar-refractivity contribution in [2.75, 3.05) is 18.8 Å². The Morgan fingerprint density at radius 3 is 2.50 bits per heavy atom. The van der Waals surface area contributed by atoms with E-state index in [1.54, 1.807) is 26.0 Å². The minimum Gasteiger partial charge on any atom is -0.508 e. The number of phenols is 1. The molecule has 0 saturated heterocycles. The summed E-state index contributed by atoms with van der Waals surface area (Å²) in [7, 11) is -3.52. The lowest BCUT2D eigenvalue weighted by atomic mass is 10.2. The van der Waals surface area contributed by atoms with Gasteiger partial charge < -0.3 is 10.8 Å². The molecule has 1 aromatic rings. The summed E-state index contributed by atoms with van der Waals surface area (Å²) in [6.45, 7) is 4.33. The number of aromatic hydroxyl groups is 1. The molecular weight excluding hydrogens is 254 g/mol. The van der Waals surface area contributed by atoms with Crippen molar-refractivity contribution < 1.29 is 13.5 Å². The number of anilines is 1. The first-order valence-electron chi connectivity index (χ1n) is 5.72. The van der Waals surface area contributed by atoms with E-state index in [2.05, 4.69) is 4.72 Å². The van der Waals surface area contributed by atoms with Crippen molar-refractivity contribution in [2.24, 2.45) is 0 Å². The van der Waals surface area contributed by atoms with Crippen LogP contribution in [0.2, 0.25) is 0 Å². The second-order valence-corrected chi connectivity index (χ2v) is 5.55. The zero-order chi connectivity index (χ0) is 13.8. The van der Waals surface area contributed by atoms with Crippen molar-refractivity contribution in [1.82, 2.24) is 9.03 Å². The standard InChI is InChI=1S/C11H19N3O3S/c1-3-14(4-2)18(16,17)13-8-9-7-10(12)5-6-11(9)15/h5-7,13,15H,3-4,8,12H2,1-2H3. The van der Waals surface area contributed by atoms with Crippen molar-refractivity contribution in [1.29, 1.82) is 0 Å². The third kappa shape index (κ3) is 3.59. The van der Waals surface area contributed by atoms with Gasteiger partial charge in [0.1, 0.15) is 5.75 Å². The molecule has 4 N–H and O–H groups in total. The quantitative estimate of drug-likeness (QED) is 0.524. The van der Waals surface area contributed by atoms with Gasteiger partial charge in [-0.2, -0.15) is 17.4 Å². The molecule has 0 atom stereocenters. The van der Waals surface area contributed by atoms with Crippen LogP contribution in [0.25, 0.3) is 0 Å². The third-order valence-electron chi connectivity index (χ3n) is 2.59. The maximum Gasteiger partial charge on any atom is 0.279 e. The van der Waals surface area contributed by atoms with E-state index in [1.807, 2.05) is 0 Å². The zero-order valence-corrected chi connectivity index (χ0v) is 11.4. The van der Waals surface area contributed by atoms with Crippen molar-refractivity contribution in [3.8, 4) is 5.75 Å². The van der Waals surface area contributed by atoms with E-state index in [0.29, 0.717) is 24.3 Å². The molecule has 0 aliphatic rings. The Morgan fingerprint density at radius 2 is 1.94 bits per heavy atom. The molecule has 0 heterocycles. The highest BCUT2D eigenvalue weighted by Crippen LogP contribution is 2.19. The molecule has 18 heavy (non-hydrogen) atoms. The van der Waals surface area contributed by atoms with Gasteiger partial charge in [0.05, 0.1) is 0 Å². The number of nitrogen functional groups attached to an aromatic ring is 1. The Balaban J connectivity index is 2.79. The topological polar surface area (TPSA) is 95.7 Å². The maximum absolute atomic E-state index is 11.9. The highest BCUT2D eigenvalue weighted by Gasteiger charge is 2.18. The van der Waals surface area contributed by atoms with Gasteiger partial charge in [-0.3, -0.25) is 0 Å². The van der Waals surface area contributed by atoms with Crippen LogP contribution >= 0.6 is 0 Å². The van der Waals surface area contributed by atoms with E-state index >= 15 is 0 Å². The smallest absolute Gasteiger partial charge is 0.279 e. The first-order chi connectivity index (χ1) is 8.40. The van der Waals surface area contributed by atoms with Crippen LogP contribution in [0.4, 0.5) is 5.69 Å². The number of nitrogens with zero attached hydrogens (tertiary/aromatic N) is 1. The minimum atomic E-state index is -3.52. The fraction of sp³-hybridized carbons (Fsp3) is 0.455. The second kappa shape index (κ2) is 6.03. The van der Waals surface area contributed by atoms with E-state index in [1.165, 1.54) is 10.4 Å². The molecule has 0 fully saturated rings. The molecule has 0 saturated carbocycles. The molecule has 0 aliphatic carbocycles. The maximum atomic E-state index is 11.9. The fourth-order valence-electron chi connectivity index (χ4n) is 1.57. The molecule has 0 radical (unpaired) electrons. The summed E-state index contributed by atoms with van der Waals surface area (Å²) in [5.74, 6) is 0.0199. The molecule has 0 aliphatic heterocycles. The average molecular weight is 273 g/mol. The predicted octanol–water partition coefficient (Wildman–Crippen LogP) is 0.651. The average Bonchev–Trinajstić information content (AvgIpc) is 2.31. The molecule has 0 amide bonds. The monoisotopic (exact) mass is 273 g/mol. The number of hydrogen-bond acceptors (Lipinski definition) is 4. The van der Waals surface area contributed by atoms with E-state index in [0.717, 1.165) is 0 Å². The van der Waals surface area contributed by atoms with Crippen molar-refractivity contribution >= 4 is 15.9 Å². The number of benzene rings is 1. The Morgan fingerprint density at radius 1 is 1.33 bits per heavy atom. The van der Waals surface area contributed by atoms with Crippen molar-refractivity contribution in [3.63, 3.8) is 0 Å².